The highest BCUT2D eigenvalue weighted by Gasteiger charge is 2.14. The monoisotopic (exact) mass is 383 g/mol. The lowest BCUT2D eigenvalue weighted by atomic mass is 10.2. The van der Waals surface area contributed by atoms with Crippen LogP contribution in [0.25, 0.3) is 21.3 Å². The average Bonchev–Trinajstić information content (AvgIpc) is 3.25. The van der Waals surface area contributed by atoms with Crippen molar-refractivity contribution in [2.45, 2.75) is 0 Å². The van der Waals surface area contributed by atoms with Crippen molar-refractivity contribution in [3.8, 4) is 16.3 Å². The summed E-state index contributed by atoms with van der Waals surface area (Å²) in [6.07, 6.45) is 0. The molecule has 2 aromatic heterocycles. The second-order valence-electron chi connectivity index (χ2n) is 5.69. The first kappa shape index (κ1) is 17.0. The number of H-pyrrole nitrogens is 1. The number of benzene rings is 2. The number of halogens is 2. The topological polar surface area (TPSA) is 77.8 Å². The van der Waals surface area contributed by atoms with E-state index in [4.69, 9.17) is 0 Å². The fourth-order valence-corrected chi connectivity index (χ4v) is 3.49. The fourth-order valence-electron chi connectivity index (χ4n) is 2.60. The van der Waals surface area contributed by atoms with Gasteiger partial charge in [0.25, 0.3) is 0 Å². The molecule has 2 N–H and O–H groups in total. The molecule has 0 atom stereocenters. The zero-order valence-electron chi connectivity index (χ0n) is 13.6. The van der Waals surface area contributed by atoms with E-state index in [9.17, 15) is 18.7 Å². The predicted molar refractivity (Wildman–Crippen MR) is 98.5 cm³/mol. The van der Waals surface area contributed by atoms with Gasteiger partial charge in [0.1, 0.15) is 11.6 Å². The number of thiophene rings is 1. The van der Waals surface area contributed by atoms with Crippen molar-refractivity contribution in [2.24, 2.45) is 10.2 Å². The van der Waals surface area contributed by atoms with Gasteiger partial charge in [-0.3, -0.25) is 4.79 Å². The smallest absolute Gasteiger partial charge is 0.305 e. The molecule has 0 aliphatic heterocycles. The number of carbonyl (C=O) groups excluding carboxylic acids is 1. The first-order valence-corrected chi connectivity index (χ1v) is 8.65. The lowest BCUT2D eigenvalue weighted by Gasteiger charge is -1.96. The highest BCUT2D eigenvalue weighted by atomic mass is 32.1. The van der Waals surface area contributed by atoms with E-state index < -0.39 is 11.7 Å². The van der Waals surface area contributed by atoms with Gasteiger partial charge in [-0.25, -0.2) is 8.78 Å². The lowest BCUT2D eigenvalue weighted by Crippen LogP contribution is -1.87. The Morgan fingerprint density at radius 3 is 2.52 bits per heavy atom. The molecule has 4 aromatic rings. The average molecular weight is 383 g/mol. The molecule has 0 aliphatic rings. The van der Waals surface area contributed by atoms with Crippen LogP contribution in [0.4, 0.5) is 14.5 Å². The SMILES string of the molecule is O=C(N=Nc1c(O)[nH]c2ccc(F)cc12)c1ccc(-c2ccc(F)cc2)s1. The van der Waals surface area contributed by atoms with E-state index in [1.54, 1.807) is 24.3 Å². The number of aromatic hydroxyl groups is 1. The number of amides is 1. The Bertz CT molecular complexity index is 1180. The Morgan fingerprint density at radius 1 is 1.00 bits per heavy atom. The summed E-state index contributed by atoms with van der Waals surface area (Å²) in [4.78, 5) is 16.0. The molecule has 0 radical (unpaired) electrons. The van der Waals surface area contributed by atoms with Gasteiger partial charge in [0.15, 0.2) is 5.69 Å². The summed E-state index contributed by atoms with van der Waals surface area (Å²) in [5.74, 6) is -1.73. The van der Waals surface area contributed by atoms with Crippen LogP contribution in [-0.4, -0.2) is 16.0 Å². The van der Waals surface area contributed by atoms with Gasteiger partial charge >= 0.3 is 5.91 Å². The largest absolute Gasteiger partial charge is 0.493 e. The minimum atomic E-state index is -0.599. The molecule has 0 unspecified atom stereocenters. The summed E-state index contributed by atoms with van der Waals surface area (Å²) in [5, 5.41) is 17.7. The van der Waals surface area contributed by atoms with Crippen molar-refractivity contribution in [3.05, 3.63) is 71.1 Å². The van der Waals surface area contributed by atoms with Crippen molar-refractivity contribution in [2.75, 3.05) is 0 Å². The third kappa shape index (κ3) is 3.34. The molecule has 1 amide bonds. The minimum absolute atomic E-state index is 0.00633. The fraction of sp³-hybridized carbons (Fsp3) is 0. The summed E-state index contributed by atoms with van der Waals surface area (Å²) in [6, 6.07) is 13.2. The molecule has 8 heteroatoms. The molecule has 2 aromatic carbocycles. The molecule has 4 rings (SSSR count). The van der Waals surface area contributed by atoms with Gasteiger partial charge in [-0.2, -0.15) is 0 Å². The number of azo groups is 1. The Morgan fingerprint density at radius 2 is 1.74 bits per heavy atom. The maximum atomic E-state index is 13.4. The summed E-state index contributed by atoms with van der Waals surface area (Å²) in [5.41, 5.74) is 1.25. The van der Waals surface area contributed by atoms with Gasteiger partial charge in [-0.1, -0.05) is 12.1 Å². The van der Waals surface area contributed by atoms with Gasteiger partial charge in [-0.05, 0) is 48.0 Å². The molecule has 0 aliphatic carbocycles. The van der Waals surface area contributed by atoms with Crippen LogP contribution in [0.3, 0.4) is 0 Å². The van der Waals surface area contributed by atoms with E-state index in [2.05, 4.69) is 15.2 Å². The van der Waals surface area contributed by atoms with Crippen LogP contribution >= 0.6 is 11.3 Å². The second-order valence-corrected chi connectivity index (χ2v) is 6.77. The van der Waals surface area contributed by atoms with Gasteiger partial charge in [0.2, 0.25) is 5.88 Å². The van der Waals surface area contributed by atoms with Gasteiger partial charge in [0.05, 0.1) is 10.4 Å². The number of hydrogen-bond donors (Lipinski definition) is 2. The summed E-state index contributed by atoms with van der Waals surface area (Å²) >= 11 is 1.19. The third-order valence-corrected chi connectivity index (χ3v) is 5.02. The first-order valence-electron chi connectivity index (χ1n) is 7.83. The van der Waals surface area contributed by atoms with Crippen LogP contribution in [0, 0.1) is 11.6 Å². The predicted octanol–water partition coefficient (Wildman–Crippen LogP) is 5.80. The molecule has 0 fully saturated rings. The number of nitrogens with one attached hydrogen (secondary N) is 1. The van der Waals surface area contributed by atoms with Crippen LogP contribution in [0.2, 0.25) is 0 Å². The van der Waals surface area contributed by atoms with Crippen LogP contribution in [0.1, 0.15) is 9.67 Å². The zero-order chi connectivity index (χ0) is 19.0. The maximum absolute atomic E-state index is 13.4. The lowest BCUT2D eigenvalue weighted by molar-refractivity contribution is 0.0999. The second kappa shape index (κ2) is 6.73. The highest BCUT2D eigenvalue weighted by Crippen LogP contribution is 2.36. The molecular weight excluding hydrogens is 372 g/mol. The number of rotatable bonds is 3. The standard InChI is InChI=1S/C19H11F2N3O2S/c20-11-3-1-10(2-4-11)15-7-8-16(27-15)18(25)24-23-17-13-9-12(21)5-6-14(13)22-19(17)26/h1-9,22,26H. The summed E-state index contributed by atoms with van der Waals surface area (Å²) in [6.45, 7) is 0. The van der Waals surface area contributed by atoms with Gasteiger partial charge in [-0.15, -0.1) is 21.6 Å². The van der Waals surface area contributed by atoms with E-state index in [1.165, 1.54) is 41.7 Å². The number of nitrogens with zero attached hydrogens (tertiary/aromatic N) is 2. The maximum Gasteiger partial charge on any atom is 0.305 e. The normalized spacial score (nSPS) is 11.5. The van der Waals surface area contributed by atoms with Gasteiger partial charge in [0, 0.05) is 10.3 Å². The quantitative estimate of drug-likeness (QED) is 0.438. The number of aromatic amines is 1. The zero-order valence-corrected chi connectivity index (χ0v) is 14.4. The van der Waals surface area contributed by atoms with E-state index in [-0.39, 0.29) is 17.4 Å². The van der Waals surface area contributed by atoms with E-state index in [0.717, 1.165) is 10.4 Å². The van der Waals surface area contributed by atoms with E-state index in [0.29, 0.717) is 15.8 Å². The molecule has 27 heavy (non-hydrogen) atoms. The molecule has 0 spiro atoms. The summed E-state index contributed by atoms with van der Waals surface area (Å²) in [7, 11) is 0. The Balaban J connectivity index is 1.60. The summed E-state index contributed by atoms with van der Waals surface area (Å²) < 4.78 is 26.4. The van der Waals surface area contributed by atoms with Crippen molar-refractivity contribution >= 4 is 33.8 Å². The molecule has 134 valence electrons. The van der Waals surface area contributed by atoms with Crippen LogP contribution in [0.15, 0.2) is 64.8 Å². The van der Waals surface area contributed by atoms with E-state index in [1.807, 2.05) is 0 Å². The Labute approximate surface area is 155 Å². The van der Waals surface area contributed by atoms with Crippen molar-refractivity contribution in [3.63, 3.8) is 0 Å². The molecule has 0 saturated carbocycles. The van der Waals surface area contributed by atoms with Crippen molar-refractivity contribution in [1.82, 2.24) is 4.98 Å². The van der Waals surface area contributed by atoms with E-state index >= 15 is 0 Å². The molecule has 5 nitrogen and oxygen atoms in total. The molecule has 2 heterocycles. The number of fused-ring (bicyclic) bond motifs is 1. The number of hydrogen-bond acceptors (Lipinski definition) is 4. The number of aromatic nitrogens is 1. The molecule has 0 saturated heterocycles. The van der Waals surface area contributed by atoms with Gasteiger partial charge < -0.3 is 10.1 Å². The van der Waals surface area contributed by atoms with Crippen molar-refractivity contribution < 1.29 is 18.7 Å². The van der Waals surface area contributed by atoms with Crippen LogP contribution in [-0.2, 0) is 0 Å². The Kier molecular flexibility index (Phi) is 4.25. The first-order chi connectivity index (χ1) is 13.0. The van der Waals surface area contributed by atoms with Crippen LogP contribution in [0.5, 0.6) is 5.88 Å². The molecule has 0 bridgehead atoms. The van der Waals surface area contributed by atoms with Crippen LogP contribution < -0.4 is 0 Å². The highest BCUT2D eigenvalue weighted by molar-refractivity contribution is 7.17. The minimum Gasteiger partial charge on any atom is -0.493 e. The molecular formula is C19H11F2N3O2S. The Hall–Kier alpha value is -3.39. The third-order valence-electron chi connectivity index (χ3n) is 3.90. The number of carbonyl (C=O) groups is 1. The van der Waals surface area contributed by atoms with Crippen molar-refractivity contribution in [1.29, 1.82) is 0 Å².